The van der Waals surface area contributed by atoms with Crippen molar-refractivity contribution in [2.75, 3.05) is 14.2 Å². The van der Waals surface area contributed by atoms with Crippen molar-refractivity contribution in [1.82, 2.24) is 0 Å². The summed E-state index contributed by atoms with van der Waals surface area (Å²) >= 11 is 3.40. The fraction of sp³-hybridized carbons (Fsp3) is 0.333. The molecule has 0 aliphatic carbocycles. The molecule has 0 unspecified atom stereocenters. The number of ether oxygens (including phenoxy) is 1. The Morgan fingerprint density at radius 3 is 2.65 bits per heavy atom. The molecule has 0 aliphatic rings. The zero-order valence-corrected chi connectivity index (χ0v) is 11.6. The predicted octanol–water partition coefficient (Wildman–Crippen LogP) is 2.41. The SMILES string of the molecule is CON=C(C(=O)OC)c1cccc(C)c1CBr. The molecule has 0 aromatic heterocycles. The summed E-state index contributed by atoms with van der Waals surface area (Å²) in [5.41, 5.74) is 2.96. The highest BCUT2D eigenvalue weighted by atomic mass is 79.9. The van der Waals surface area contributed by atoms with Crippen LogP contribution in [0, 0.1) is 6.92 Å². The van der Waals surface area contributed by atoms with Gasteiger partial charge in [0.25, 0.3) is 0 Å². The number of aryl methyl sites for hydroxylation is 1. The van der Waals surface area contributed by atoms with Crippen molar-refractivity contribution in [3.8, 4) is 0 Å². The van der Waals surface area contributed by atoms with Gasteiger partial charge in [-0.25, -0.2) is 4.79 Å². The van der Waals surface area contributed by atoms with Crippen LogP contribution >= 0.6 is 15.9 Å². The molecule has 0 radical (unpaired) electrons. The third-order valence-electron chi connectivity index (χ3n) is 2.36. The molecular formula is C12H14BrNO3. The molecule has 0 amide bonds. The Kier molecular flexibility index (Phi) is 5.15. The minimum absolute atomic E-state index is 0.174. The molecule has 0 saturated carbocycles. The Hall–Kier alpha value is -1.36. The number of oxime groups is 1. The summed E-state index contributed by atoms with van der Waals surface area (Å²) in [6, 6.07) is 5.66. The van der Waals surface area contributed by atoms with E-state index in [4.69, 9.17) is 9.57 Å². The fourth-order valence-electron chi connectivity index (χ4n) is 1.49. The molecule has 0 atom stereocenters. The second-order valence-electron chi connectivity index (χ2n) is 3.35. The number of hydrogen-bond acceptors (Lipinski definition) is 4. The average Bonchev–Trinajstić information content (AvgIpc) is 2.34. The number of benzene rings is 1. The van der Waals surface area contributed by atoms with Crippen molar-refractivity contribution in [1.29, 1.82) is 0 Å². The number of hydrogen-bond donors (Lipinski definition) is 0. The lowest BCUT2D eigenvalue weighted by molar-refractivity contribution is -0.132. The van der Waals surface area contributed by atoms with Crippen LogP contribution in [0.25, 0.3) is 0 Å². The van der Waals surface area contributed by atoms with E-state index in [0.717, 1.165) is 16.7 Å². The lowest BCUT2D eigenvalue weighted by Crippen LogP contribution is -2.19. The molecule has 0 fully saturated rings. The maximum Gasteiger partial charge on any atom is 0.360 e. The fourth-order valence-corrected chi connectivity index (χ4v) is 2.23. The molecular weight excluding hydrogens is 286 g/mol. The van der Waals surface area contributed by atoms with E-state index >= 15 is 0 Å². The Labute approximate surface area is 109 Å². The number of carbonyl (C=O) groups excluding carboxylic acids is 1. The summed E-state index contributed by atoms with van der Waals surface area (Å²) in [5.74, 6) is -0.514. The van der Waals surface area contributed by atoms with E-state index in [0.29, 0.717) is 5.33 Å². The normalized spacial score (nSPS) is 11.2. The van der Waals surface area contributed by atoms with Crippen LogP contribution in [0.4, 0.5) is 0 Å². The zero-order chi connectivity index (χ0) is 12.8. The van der Waals surface area contributed by atoms with Gasteiger partial charge in [0.05, 0.1) is 7.11 Å². The number of halogens is 1. The van der Waals surface area contributed by atoms with Gasteiger partial charge in [-0.15, -0.1) is 0 Å². The Morgan fingerprint density at radius 1 is 1.41 bits per heavy atom. The average molecular weight is 300 g/mol. The van der Waals surface area contributed by atoms with E-state index in [1.165, 1.54) is 14.2 Å². The van der Waals surface area contributed by atoms with E-state index in [1.54, 1.807) is 0 Å². The molecule has 1 aromatic rings. The lowest BCUT2D eigenvalue weighted by Gasteiger charge is -2.10. The maximum absolute atomic E-state index is 11.6. The smallest absolute Gasteiger partial charge is 0.360 e. The second kappa shape index (κ2) is 6.39. The van der Waals surface area contributed by atoms with Crippen molar-refractivity contribution in [3.05, 3.63) is 34.9 Å². The number of methoxy groups -OCH3 is 1. The minimum atomic E-state index is -0.514. The third kappa shape index (κ3) is 3.06. The van der Waals surface area contributed by atoms with Crippen molar-refractivity contribution >= 4 is 27.6 Å². The first-order chi connectivity index (χ1) is 8.15. The van der Waals surface area contributed by atoms with Crippen LogP contribution in [0.5, 0.6) is 0 Å². The Balaban J connectivity index is 3.33. The van der Waals surface area contributed by atoms with E-state index in [2.05, 4.69) is 21.1 Å². The number of esters is 1. The largest absolute Gasteiger partial charge is 0.464 e. The first-order valence-corrected chi connectivity index (χ1v) is 6.12. The van der Waals surface area contributed by atoms with Gasteiger partial charge in [-0.3, -0.25) is 0 Å². The summed E-state index contributed by atoms with van der Waals surface area (Å²) in [4.78, 5) is 16.3. The van der Waals surface area contributed by atoms with Crippen LogP contribution in [0.2, 0.25) is 0 Å². The number of nitrogens with zero attached hydrogens (tertiary/aromatic N) is 1. The maximum atomic E-state index is 11.6. The molecule has 5 heteroatoms. The van der Waals surface area contributed by atoms with E-state index in [1.807, 2.05) is 25.1 Å². The van der Waals surface area contributed by atoms with Crippen LogP contribution in [-0.4, -0.2) is 25.9 Å². The summed E-state index contributed by atoms with van der Waals surface area (Å²) in [6.07, 6.45) is 0. The van der Waals surface area contributed by atoms with Gasteiger partial charge in [0.2, 0.25) is 0 Å². The molecule has 4 nitrogen and oxygen atoms in total. The Morgan fingerprint density at radius 2 is 2.12 bits per heavy atom. The van der Waals surface area contributed by atoms with Gasteiger partial charge in [-0.2, -0.15) is 0 Å². The highest BCUT2D eigenvalue weighted by molar-refractivity contribution is 9.08. The number of alkyl halides is 1. The van der Waals surface area contributed by atoms with Gasteiger partial charge in [-0.05, 0) is 18.1 Å². The van der Waals surface area contributed by atoms with Crippen molar-refractivity contribution in [3.63, 3.8) is 0 Å². The quantitative estimate of drug-likeness (QED) is 0.371. The monoisotopic (exact) mass is 299 g/mol. The minimum Gasteiger partial charge on any atom is -0.464 e. The molecule has 0 saturated heterocycles. The van der Waals surface area contributed by atoms with Crippen LogP contribution in [0.1, 0.15) is 16.7 Å². The van der Waals surface area contributed by atoms with Gasteiger partial charge in [0.15, 0.2) is 5.71 Å². The van der Waals surface area contributed by atoms with E-state index < -0.39 is 5.97 Å². The van der Waals surface area contributed by atoms with E-state index in [9.17, 15) is 4.79 Å². The van der Waals surface area contributed by atoms with Crippen LogP contribution < -0.4 is 0 Å². The van der Waals surface area contributed by atoms with Gasteiger partial charge in [-0.1, -0.05) is 39.3 Å². The molecule has 0 spiro atoms. The van der Waals surface area contributed by atoms with Crippen molar-refractivity contribution < 1.29 is 14.4 Å². The van der Waals surface area contributed by atoms with Gasteiger partial charge < -0.3 is 9.57 Å². The highest BCUT2D eigenvalue weighted by Gasteiger charge is 2.19. The van der Waals surface area contributed by atoms with Crippen LogP contribution in [0.15, 0.2) is 23.4 Å². The lowest BCUT2D eigenvalue weighted by atomic mass is 10.00. The molecule has 92 valence electrons. The Bertz CT molecular complexity index is 443. The van der Waals surface area contributed by atoms with Crippen molar-refractivity contribution in [2.24, 2.45) is 5.16 Å². The topological polar surface area (TPSA) is 47.9 Å². The van der Waals surface area contributed by atoms with Gasteiger partial charge in [0, 0.05) is 10.9 Å². The van der Waals surface area contributed by atoms with Crippen molar-refractivity contribution in [2.45, 2.75) is 12.3 Å². The summed E-state index contributed by atoms with van der Waals surface area (Å²) in [5, 5.41) is 4.37. The first kappa shape index (κ1) is 13.7. The first-order valence-electron chi connectivity index (χ1n) is 5.00. The molecule has 0 aliphatic heterocycles. The van der Waals surface area contributed by atoms with Crippen LogP contribution in [-0.2, 0) is 19.7 Å². The zero-order valence-electron chi connectivity index (χ0n) is 9.99. The second-order valence-corrected chi connectivity index (χ2v) is 3.91. The summed E-state index contributed by atoms with van der Waals surface area (Å²) in [7, 11) is 2.71. The summed E-state index contributed by atoms with van der Waals surface area (Å²) < 4.78 is 4.69. The van der Waals surface area contributed by atoms with Crippen LogP contribution in [0.3, 0.4) is 0 Å². The predicted molar refractivity (Wildman–Crippen MR) is 69.4 cm³/mol. The molecule has 0 bridgehead atoms. The van der Waals surface area contributed by atoms with Gasteiger partial charge >= 0.3 is 5.97 Å². The molecule has 0 heterocycles. The number of carbonyl (C=O) groups is 1. The highest BCUT2D eigenvalue weighted by Crippen LogP contribution is 2.19. The van der Waals surface area contributed by atoms with E-state index in [-0.39, 0.29) is 5.71 Å². The molecule has 1 rings (SSSR count). The molecule has 0 N–H and O–H groups in total. The van der Waals surface area contributed by atoms with Gasteiger partial charge in [0.1, 0.15) is 7.11 Å². The number of rotatable bonds is 4. The summed E-state index contributed by atoms with van der Waals surface area (Å²) in [6.45, 7) is 1.97. The standard InChI is InChI=1S/C12H14BrNO3/c1-8-5-4-6-9(10(8)7-13)11(14-17-3)12(15)16-2/h4-6H,7H2,1-3H3. The third-order valence-corrected chi connectivity index (χ3v) is 2.92. The molecule has 1 aromatic carbocycles. The molecule has 17 heavy (non-hydrogen) atoms.